The predicted octanol–water partition coefficient (Wildman–Crippen LogP) is 3.97. The number of aromatic nitrogens is 5. The molecule has 0 N–H and O–H groups in total. The van der Waals surface area contributed by atoms with E-state index in [0.29, 0.717) is 24.4 Å². The molecule has 4 aromatic rings. The third-order valence-electron chi connectivity index (χ3n) is 6.69. The van der Waals surface area contributed by atoms with E-state index in [1.807, 2.05) is 68.8 Å². The second-order valence-electron chi connectivity index (χ2n) is 10.4. The van der Waals surface area contributed by atoms with E-state index in [1.54, 1.807) is 27.6 Å². The molecular formula is C28H32N6O3. The Morgan fingerprint density at radius 1 is 1.19 bits per heavy atom. The smallest absolute Gasteiger partial charge is 0.357 e. The zero-order valence-electron chi connectivity index (χ0n) is 21.7. The van der Waals surface area contributed by atoms with E-state index >= 15 is 0 Å². The number of pyridine rings is 1. The minimum Gasteiger partial charge on any atom is -0.455 e. The largest absolute Gasteiger partial charge is 0.455 e. The Bertz CT molecular complexity index is 1520. The summed E-state index contributed by atoms with van der Waals surface area (Å²) in [6.45, 7) is 11.4. The molecule has 0 amide bonds. The lowest BCUT2D eigenvalue weighted by Crippen LogP contribution is -2.29. The van der Waals surface area contributed by atoms with E-state index in [-0.39, 0.29) is 17.7 Å². The molecule has 0 unspecified atom stereocenters. The molecule has 0 saturated carbocycles. The van der Waals surface area contributed by atoms with Gasteiger partial charge in [0.2, 0.25) is 0 Å². The van der Waals surface area contributed by atoms with E-state index in [9.17, 15) is 9.59 Å². The first kappa shape index (κ1) is 24.7. The fourth-order valence-corrected chi connectivity index (χ4v) is 4.87. The molecule has 0 radical (unpaired) electrons. The van der Waals surface area contributed by atoms with Crippen LogP contribution in [0.1, 0.15) is 55.1 Å². The van der Waals surface area contributed by atoms with Crippen molar-refractivity contribution in [3.8, 4) is 5.69 Å². The van der Waals surface area contributed by atoms with Crippen LogP contribution >= 0.6 is 0 Å². The normalized spacial score (nSPS) is 16.4. The monoisotopic (exact) mass is 500 g/mol. The molecule has 4 heterocycles. The summed E-state index contributed by atoms with van der Waals surface area (Å²) in [6.07, 6.45) is 5.88. The van der Waals surface area contributed by atoms with E-state index in [1.165, 1.54) is 0 Å². The van der Waals surface area contributed by atoms with Crippen molar-refractivity contribution in [2.45, 2.75) is 45.4 Å². The first-order chi connectivity index (χ1) is 17.7. The van der Waals surface area contributed by atoms with Crippen LogP contribution in [0.25, 0.3) is 22.9 Å². The van der Waals surface area contributed by atoms with Crippen molar-refractivity contribution in [3.05, 3.63) is 82.9 Å². The van der Waals surface area contributed by atoms with Gasteiger partial charge in [0.15, 0.2) is 5.65 Å². The number of benzene rings is 1. The summed E-state index contributed by atoms with van der Waals surface area (Å²) in [5, 5.41) is 0. The molecule has 1 aromatic carbocycles. The van der Waals surface area contributed by atoms with Crippen LogP contribution in [0.15, 0.2) is 60.2 Å². The van der Waals surface area contributed by atoms with Gasteiger partial charge < -0.3 is 9.30 Å². The molecule has 1 saturated heterocycles. The van der Waals surface area contributed by atoms with Crippen LogP contribution in [0.3, 0.4) is 0 Å². The van der Waals surface area contributed by atoms with Crippen LogP contribution in [-0.2, 0) is 18.3 Å². The molecule has 1 fully saturated rings. The van der Waals surface area contributed by atoms with Crippen LogP contribution < -0.4 is 5.69 Å². The van der Waals surface area contributed by atoms with Crippen molar-refractivity contribution in [1.29, 1.82) is 0 Å². The summed E-state index contributed by atoms with van der Waals surface area (Å²) in [6, 6.07) is 11.5. The number of fused-ring (bicyclic) bond motifs is 1. The average molecular weight is 501 g/mol. The Morgan fingerprint density at radius 3 is 2.65 bits per heavy atom. The van der Waals surface area contributed by atoms with Crippen LogP contribution in [-0.4, -0.2) is 53.2 Å². The lowest BCUT2D eigenvalue weighted by molar-refractivity contribution is 0.00584. The van der Waals surface area contributed by atoms with Crippen LogP contribution in [0.5, 0.6) is 0 Å². The molecule has 9 nitrogen and oxygen atoms in total. The van der Waals surface area contributed by atoms with E-state index in [2.05, 4.69) is 21.4 Å². The number of hydrogen-bond acceptors (Lipinski definition) is 6. The second-order valence-corrected chi connectivity index (χ2v) is 10.4. The number of nitrogens with zero attached hydrogens (tertiary/aromatic N) is 6. The number of rotatable bonds is 6. The molecule has 192 valence electrons. The molecule has 0 spiro atoms. The van der Waals surface area contributed by atoms with E-state index in [0.717, 1.165) is 35.6 Å². The van der Waals surface area contributed by atoms with Crippen molar-refractivity contribution in [2.24, 2.45) is 7.05 Å². The van der Waals surface area contributed by atoms with Crippen LogP contribution in [0.2, 0.25) is 0 Å². The number of hydrogen-bond donors (Lipinski definition) is 0. The SMILES string of the molecule is C=Cc1ccc(-n2c(=O)n([C@H]3CCN(Cc4ncc(C(=O)OC(C)(C)C)n4C)C3)c3ncccc32)cc1. The first-order valence-corrected chi connectivity index (χ1v) is 12.4. The van der Waals surface area contributed by atoms with Gasteiger partial charge in [0.1, 0.15) is 17.1 Å². The standard InChI is InChI=1S/C28H32N6O3/c1-6-19-9-11-20(12-10-19)33-22-8-7-14-29-25(22)34(27(33)36)21-13-15-32(17-21)18-24-30-16-23(31(24)5)26(35)37-28(2,3)4/h6-12,14,16,21H,1,13,15,17-18H2,2-5H3/t21-/m0/s1. The molecule has 0 bridgehead atoms. The third kappa shape index (κ3) is 4.74. The molecule has 0 aliphatic carbocycles. The summed E-state index contributed by atoms with van der Waals surface area (Å²) >= 11 is 0. The van der Waals surface area contributed by atoms with Crippen molar-refractivity contribution < 1.29 is 9.53 Å². The quantitative estimate of drug-likeness (QED) is 0.373. The maximum atomic E-state index is 13.7. The van der Waals surface area contributed by atoms with E-state index < -0.39 is 5.60 Å². The molecule has 1 aliphatic rings. The fraction of sp³-hybridized carbons (Fsp3) is 0.357. The maximum absolute atomic E-state index is 13.7. The Kier molecular flexibility index (Phi) is 6.33. The number of likely N-dealkylation sites (tertiary alicyclic amines) is 1. The number of carbonyl (C=O) groups is 1. The number of imidazole rings is 2. The zero-order valence-corrected chi connectivity index (χ0v) is 21.7. The second kappa shape index (κ2) is 9.48. The Hall–Kier alpha value is -3.98. The predicted molar refractivity (Wildman–Crippen MR) is 143 cm³/mol. The van der Waals surface area contributed by atoms with Crippen LogP contribution in [0, 0.1) is 0 Å². The average Bonchev–Trinajstić information content (AvgIpc) is 3.54. The van der Waals surface area contributed by atoms with Gasteiger partial charge in [-0.2, -0.15) is 0 Å². The molecule has 9 heteroatoms. The number of carbonyl (C=O) groups excluding carboxylic acids is 1. The third-order valence-corrected chi connectivity index (χ3v) is 6.69. The van der Waals surface area contributed by atoms with Gasteiger partial charge in [-0.1, -0.05) is 24.8 Å². The van der Waals surface area contributed by atoms with Gasteiger partial charge in [-0.25, -0.2) is 19.6 Å². The Labute approximate surface area is 215 Å². The molecule has 5 rings (SSSR count). The van der Waals surface area contributed by atoms with Gasteiger partial charge >= 0.3 is 11.7 Å². The van der Waals surface area contributed by atoms with Crippen molar-refractivity contribution in [3.63, 3.8) is 0 Å². The van der Waals surface area contributed by atoms with Crippen molar-refractivity contribution >= 4 is 23.2 Å². The zero-order chi connectivity index (χ0) is 26.3. The molecule has 1 atom stereocenters. The summed E-state index contributed by atoms with van der Waals surface area (Å²) in [7, 11) is 1.83. The highest BCUT2D eigenvalue weighted by Crippen LogP contribution is 2.27. The summed E-state index contributed by atoms with van der Waals surface area (Å²) in [5.41, 5.74) is 3.00. The molecule has 1 aliphatic heterocycles. The molecule has 37 heavy (non-hydrogen) atoms. The highest BCUT2D eigenvalue weighted by atomic mass is 16.6. The van der Waals surface area contributed by atoms with Gasteiger partial charge in [0, 0.05) is 26.3 Å². The van der Waals surface area contributed by atoms with Crippen LogP contribution in [0.4, 0.5) is 0 Å². The first-order valence-electron chi connectivity index (χ1n) is 12.4. The molecule has 3 aromatic heterocycles. The van der Waals surface area contributed by atoms with Crippen molar-refractivity contribution in [1.82, 2.24) is 28.6 Å². The lowest BCUT2D eigenvalue weighted by atomic mass is 10.2. The highest BCUT2D eigenvalue weighted by Gasteiger charge is 2.30. The van der Waals surface area contributed by atoms with Crippen molar-refractivity contribution in [2.75, 3.05) is 13.1 Å². The molecular weight excluding hydrogens is 468 g/mol. The Morgan fingerprint density at radius 2 is 1.95 bits per heavy atom. The van der Waals surface area contributed by atoms with Gasteiger partial charge in [0.25, 0.3) is 0 Å². The number of ether oxygens (including phenoxy) is 1. The minimum absolute atomic E-state index is 0.0239. The maximum Gasteiger partial charge on any atom is 0.357 e. The Balaban J connectivity index is 1.39. The highest BCUT2D eigenvalue weighted by molar-refractivity contribution is 5.87. The minimum atomic E-state index is -0.572. The summed E-state index contributed by atoms with van der Waals surface area (Å²) in [4.78, 5) is 37.6. The summed E-state index contributed by atoms with van der Waals surface area (Å²) in [5.74, 6) is 0.385. The lowest BCUT2D eigenvalue weighted by Gasteiger charge is -2.20. The number of esters is 1. The van der Waals surface area contributed by atoms with Gasteiger partial charge in [-0.05, 0) is 57.0 Å². The van der Waals surface area contributed by atoms with E-state index in [4.69, 9.17) is 4.74 Å². The van der Waals surface area contributed by atoms with Gasteiger partial charge in [0.05, 0.1) is 30.0 Å². The fourth-order valence-electron chi connectivity index (χ4n) is 4.87. The van der Waals surface area contributed by atoms with Gasteiger partial charge in [-0.3, -0.25) is 14.0 Å². The summed E-state index contributed by atoms with van der Waals surface area (Å²) < 4.78 is 10.8. The van der Waals surface area contributed by atoms with Gasteiger partial charge in [-0.15, -0.1) is 0 Å². The topological polar surface area (TPSA) is 87.2 Å².